The molecule has 0 bridgehead atoms. The van der Waals surface area contributed by atoms with Gasteiger partial charge in [-0.15, -0.1) is 0 Å². The number of nitrogens with zero attached hydrogens (tertiary/aromatic N) is 1. The molecule has 2 N–H and O–H groups in total. The van der Waals surface area contributed by atoms with Crippen molar-refractivity contribution in [2.24, 2.45) is 5.92 Å². The number of nitrogens with one attached hydrogen (secondary N) is 2. The Hall–Kier alpha value is -2.13. The fourth-order valence-electron chi connectivity index (χ4n) is 2.69. The lowest BCUT2D eigenvalue weighted by Crippen LogP contribution is -2.41. The number of halogens is 5. The van der Waals surface area contributed by atoms with E-state index in [0.29, 0.717) is 5.56 Å². The first-order chi connectivity index (χ1) is 12.3. The molecule has 1 heterocycles. The van der Waals surface area contributed by atoms with Gasteiger partial charge in [-0.1, -0.05) is 0 Å². The first-order valence-electron chi connectivity index (χ1n) is 8.16. The van der Waals surface area contributed by atoms with Crippen LogP contribution in [0.4, 0.5) is 26.7 Å². The number of pyridine rings is 1. The molecule has 0 spiro atoms. The van der Waals surface area contributed by atoms with Gasteiger partial charge in [0.15, 0.2) is 6.17 Å². The highest BCUT2D eigenvalue weighted by atomic mass is 19.4. The third-order valence-electron chi connectivity index (χ3n) is 4.06. The Morgan fingerprint density at radius 3 is 2.81 bits per heavy atom. The standard InChI is InChI=1S/C16H20F5N3O2/c17-7-12(18)9-26-14-5-10(3-4-22-14)8-23-15(25)24-13-2-1-11(6-13)16(19,20)21/h3-5,11-13H,1-2,6-9H2,(H2,23,24,25)/t11-,12?,13+/m1/s1. The van der Waals surface area contributed by atoms with Crippen molar-refractivity contribution in [2.75, 3.05) is 13.3 Å². The Balaban J connectivity index is 1.75. The maximum Gasteiger partial charge on any atom is 0.391 e. The number of ether oxygens (including phenoxy) is 1. The van der Waals surface area contributed by atoms with Crippen LogP contribution in [0.15, 0.2) is 18.3 Å². The zero-order valence-corrected chi connectivity index (χ0v) is 13.9. The van der Waals surface area contributed by atoms with E-state index in [1.54, 1.807) is 6.07 Å². The van der Waals surface area contributed by atoms with Gasteiger partial charge in [0.1, 0.15) is 13.3 Å². The Morgan fingerprint density at radius 2 is 2.15 bits per heavy atom. The molecule has 10 heteroatoms. The molecule has 1 fully saturated rings. The summed E-state index contributed by atoms with van der Waals surface area (Å²) in [6, 6.07) is 1.96. The smallest absolute Gasteiger partial charge is 0.391 e. The SMILES string of the molecule is O=C(NCc1ccnc(OCC(F)CF)c1)N[C@H]1CC[C@@H](C(F)(F)F)C1. The molecule has 0 aromatic carbocycles. The molecule has 1 unspecified atom stereocenters. The van der Waals surface area contributed by atoms with Crippen LogP contribution >= 0.6 is 0 Å². The largest absolute Gasteiger partial charge is 0.474 e. The van der Waals surface area contributed by atoms with Gasteiger partial charge in [0.05, 0.1) is 5.92 Å². The molecule has 5 nitrogen and oxygen atoms in total. The van der Waals surface area contributed by atoms with Crippen molar-refractivity contribution in [3.8, 4) is 5.88 Å². The molecule has 0 saturated heterocycles. The van der Waals surface area contributed by atoms with E-state index >= 15 is 0 Å². The summed E-state index contributed by atoms with van der Waals surface area (Å²) < 4.78 is 67.7. The van der Waals surface area contributed by atoms with Gasteiger partial charge in [0, 0.05) is 24.8 Å². The zero-order chi connectivity index (χ0) is 19.2. The van der Waals surface area contributed by atoms with Gasteiger partial charge in [0.2, 0.25) is 5.88 Å². The summed E-state index contributed by atoms with van der Waals surface area (Å²) >= 11 is 0. The molecule has 2 rings (SSSR count). The van der Waals surface area contributed by atoms with E-state index in [1.807, 2.05) is 0 Å². The highest BCUT2D eigenvalue weighted by Crippen LogP contribution is 2.38. The third kappa shape index (κ3) is 6.30. The van der Waals surface area contributed by atoms with Gasteiger partial charge in [-0.25, -0.2) is 18.6 Å². The van der Waals surface area contributed by atoms with E-state index in [4.69, 9.17) is 4.74 Å². The maximum absolute atomic E-state index is 12.8. The van der Waals surface area contributed by atoms with Crippen LogP contribution in [0.3, 0.4) is 0 Å². The quantitative estimate of drug-likeness (QED) is 0.713. The number of hydrogen-bond donors (Lipinski definition) is 2. The summed E-state index contributed by atoms with van der Waals surface area (Å²) in [5, 5.41) is 5.06. The monoisotopic (exact) mass is 381 g/mol. The average Bonchev–Trinajstić information content (AvgIpc) is 3.07. The number of hydrogen-bond acceptors (Lipinski definition) is 3. The molecule has 0 radical (unpaired) electrons. The lowest BCUT2D eigenvalue weighted by atomic mass is 10.1. The first-order valence-corrected chi connectivity index (χ1v) is 8.16. The minimum Gasteiger partial charge on any atom is -0.474 e. The van der Waals surface area contributed by atoms with Gasteiger partial charge in [-0.3, -0.25) is 0 Å². The third-order valence-corrected chi connectivity index (χ3v) is 4.06. The normalized spacial score (nSPS) is 21.3. The highest BCUT2D eigenvalue weighted by Gasteiger charge is 2.44. The van der Waals surface area contributed by atoms with E-state index < -0.39 is 43.6 Å². The van der Waals surface area contributed by atoms with Crippen molar-refractivity contribution in [3.05, 3.63) is 23.9 Å². The molecule has 1 saturated carbocycles. The number of carbonyl (C=O) groups excluding carboxylic acids is 1. The van der Waals surface area contributed by atoms with Crippen LogP contribution in [0, 0.1) is 5.92 Å². The van der Waals surface area contributed by atoms with Crippen LogP contribution in [0.25, 0.3) is 0 Å². The van der Waals surface area contributed by atoms with Crippen molar-refractivity contribution in [1.29, 1.82) is 0 Å². The van der Waals surface area contributed by atoms with Gasteiger partial charge in [-0.05, 0) is 30.9 Å². The van der Waals surface area contributed by atoms with Crippen LogP contribution in [0.1, 0.15) is 24.8 Å². The van der Waals surface area contributed by atoms with Crippen LogP contribution in [0.2, 0.25) is 0 Å². The van der Waals surface area contributed by atoms with Crippen LogP contribution in [0.5, 0.6) is 5.88 Å². The predicted octanol–water partition coefficient (Wildman–Crippen LogP) is 3.30. The van der Waals surface area contributed by atoms with Gasteiger partial charge < -0.3 is 15.4 Å². The van der Waals surface area contributed by atoms with Gasteiger partial charge >= 0.3 is 12.2 Å². The van der Waals surface area contributed by atoms with Crippen molar-refractivity contribution in [3.63, 3.8) is 0 Å². The zero-order valence-electron chi connectivity index (χ0n) is 13.9. The average molecular weight is 381 g/mol. The number of urea groups is 1. The van der Waals surface area contributed by atoms with Crippen molar-refractivity contribution in [1.82, 2.24) is 15.6 Å². The molecular formula is C16H20F5N3O2. The number of aromatic nitrogens is 1. The Morgan fingerprint density at radius 1 is 1.38 bits per heavy atom. The molecule has 1 aromatic heterocycles. The summed E-state index contributed by atoms with van der Waals surface area (Å²) in [5.41, 5.74) is 0.598. The van der Waals surface area contributed by atoms with Crippen molar-refractivity contribution < 1.29 is 31.5 Å². The number of carbonyl (C=O) groups is 1. The lowest BCUT2D eigenvalue weighted by Gasteiger charge is -2.16. The molecule has 0 aliphatic heterocycles. The van der Waals surface area contributed by atoms with Crippen LogP contribution in [-0.4, -0.2) is 42.7 Å². The second-order valence-corrected chi connectivity index (χ2v) is 6.14. The summed E-state index contributed by atoms with van der Waals surface area (Å²) in [4.78, 5) is 15.7. The van der Waals surface area contributed by atoms with Crippen LogP contribution < -0.4 is 15.4 Å². The molecule has 3 atom stereocenters. The first kappa shape index (κ1) is 20.2. The summed E-state index contributed by atoms with van der Waals surface area (Å²) in [7, 11) is 0. The minimum atomic E-state index is -4.24. The van der Waals surface area contributed by atoms with E-state index in [2.05, 4.69) is 15.6 Å². The van der Waals surface area contributed by atoms with E-state index in [1.165, 1.54) is 12.3 Å². The fraction of sp³-hybridized carbons (Fsp3) is 0.625. The van der Waals surface area contributed by atoms with E-state index in [0.717, 1.165) is 0 Å². The predicted molar refractivity (Wildman–Crippen MR) is 83.2 cm³/mol. The Kier molecular flexibility index (Phi) is 6.98. The topological polar surface area (TPSA) is 63.2 Å². The van der Waals surface area contributed by atoms with E-state index in [-0.39, 0.29) is 31.7 Å². The molecule has 146 valence electrons. The fourth-order valence-corrected chi connectivity index (χ4v) is 2.69. The second-order valence-electron chi connectivity index (χ2n) is 6.14. The molecular weight excluding hydrogens is 361 g/mol. The second kappa shape index (κ2) is 9.00. The van der Waals surface area contributed by atoms with E-state index in [9.17, 15) is 26.7 Å². The van der Waals surface area contributed by atoms with Crippen molar-refractivity contribution in [2.45, 2.75) is 44.2 Å². The van der Waals surface area contributed by atoms with Gasteiger partial charge in [0.25, 0.3) is 0 Å². The summed E-state index contributed by atoms with van der Waals surface area (Å²) in [5.74, 6) is -1.29. The molecule has 1 aromatic rings. The number of rotatable bonds is 7. The number of amides is 2. The highest BCUT2D eigenvalue weighted by molar-refractivity contribution is 5.74. The minimum absolute atomic E-state index is 0.00788. The van der Waals surface area contributed by atoms with Gasteiger partial charge in [-0.2, -0.15) is 13.2 Å². The molecule has 2 amide bonds. The Labute approximate surface area is 147 Å². The van der Waals surface area contributed by atoms with Crippen molar-refractivity contribution >= 4 is 6.03 Å². The lowest BCUT2D eigenvalue weighted by molar-refractivity contribution is -0.172. The summed E-state index contributed by atoms with van der Waals surface area (Å²) in [6.45, 7) is -1.54. The van der Waals surface area contributed by atoms with Crippen LogP contribution in [-0.2, 0) is 6.54 Å². The molecule has 26 heavy (non-hydrogen) atoms. The maximum atomic E-state index is 12.8. The summed E-state index contributed by atoms with van der Waals surface area (Å²) in [6.07, 6.45) is -4.42. The molecule has 1 aliphatic carbocycles. The molecule has 1 aliphatic rings. The Bertz CT molecular complexity index is 599. The number of alkyl halides is 5.